The van der Waals surface area contributed by atoms with Crippen LogP contribution in [0.15, 0.2) is 77.1 Å². The molecule has 0 bridgehead atoms. The third-order valence-corrected chi connectivity index (χ3v) is 6.09. The molecule has 1 heterocycles. The summed E-state index contributed by atoms with van der Waals surface area (Å²) in [4.78, 5) is 2.41. The molecule has 3 aromatic rings. The molecule has 0 amide bonds. The van der Waals surface area contributed by atoms with Gasteiger partial charge in [-0.15, -0.1) is 13.2 Å². The van der Waals surface area contributed by atoms with Gasteiger partial charge in [0.05, 0.1) is 24.2 Å². The summed E-state index contributed by atoms with van der Waals surface area (Å²) >= 11 is 5.35. The molecule has 0 aliphatic carbocycles. The first-order valence-corrected chi connectivity index (χ1v) is 11.0. The van der Waals surface area contributed by atoms with Gasteiger partial charge in [-0.05, 0) is 54.7 Å². The van der Waals surface area contributed by atoms with Gasteiger partial charge < -0.3 is 9.15 Å². The molecule has 2 aromatic carbocycles. The van der Waals surface area contributed by atoms with E-state index in [2.05, 4.69) is 17.9 Å². The Morgan fingerprint density at radius 3 is 2.43 bits per heavy atom. The fourth-order valence-corrected chi connectivity index (χ4v) is 4.30. The van der Waals surface area contributed by atoms with Crippen molar-refractivity contribution in [3.63, 3.8) is 0 Å². The van der Waals surface area contributed by atoms with Crippen molar-refractivity contribution in [2.75, 3.05) is 24.9 Å². The van der Waals surface area contributed by atoms with Gasteiger partial charge in [0.25, 0.3) is 14.9 Å². The maximum absolute atomic E-state index is 12.9. The number of nitrogens with zero attached hydrogens (tertiary/aromatic N) is 2. The summed E-state index contributed by atoms with van der Waals surface area (Å²) in [5.74, 6) is 0.639. The van der Waals surface area contributed by atoms with Crippen molar-refractivity contribution in [3.8, 4) is 5.75 Å². The summed E-state index contributed by atoms with van der Waals surface area (Å²) in [5, 5.41) is 0. The standard InChI is InChI=1S/C21H23N3O4S2/c1-4-12-23(13-5-2)15-24-19-14-18(10-11-20(19)28-21(24)29)30(25,26)22-16-6-8-17(27-3)9-7-16/h4-11,14,22H,1-2,12-13,15H2,3H3. The number of hydrogen-bond acceptors (Lipinski definition) is 6. The van der Waals surface area contributed by atoms with Crippen LogP contribution in [0, 0.1) is 4.84 Å². The van der Waals surface area contributed by atoms with Crippen LogP contribution >= 0.6 is 12.2 Å². The van der Waals surface area contributed by atoms with E-state index < -0.39 is 10.0 Å². The average Bonchev–Trinajstić information content (AvgIpc) is 3.03. The molecule has 3 rings (SSSR count). The highest BCUT2D eigenvalue weighted by Crippen LogP contribution is 2.24. The van der Waals surface area contributed by atoms with Gasteiger partial charge in [0.15, 0.2) is 5.58 Å². The molecular weight excluding hydrogens is 422 g/mol. The Kier molecular flexibility index (Phi) is 6.76. The van der Waals surface area contributed by atoms with Crippen LogP contribution in [-0.2, 0) is 16.7 Å². The second-order valence-corrected chi connectivity index (χ2v) is 8.55. The second kappa shape index (κ2) is 9.29. The van der Waals surface area contributed by atoms with E-state index in [1.807, 2.05) is 4.90 Å². The molecule has 0 aliphatic rings. The number of fused-ring (bicyclic) bond motifs is 1. The number of nitrogens with one attached hydrogen (secondary N) is 1. The van der Waals surface area contributed by atoms with Gasteiger partial charge in [0.1, 0.15) is 5.75 Å². The molecule has 0 saturated carbocycles. The quantitative estimate of drug-likeness (QED) is 0.368. The van der Waals surface area contributed by atoms with Gasteiger partial charge >= 0.3 is 0 Å². The van der Waals surface area contributed by atoms with E-state index in [0.717, 1.165) is 0 Å². The highest BCUT2D eigenvalue weighted by atomic mass is 32.2. The van der Waals surface area contributed by atoms with Crippen molar-refractivity contribution in [2.45, 2.75) is 11.6 Å². The van der Waals surface area contributed by atoms with Crippen LogP contribution in [0.1, 0.15) is 0 Å². The molecule has 9 heteroatoms. The summed E-state index contributed by atoms with van der Waals surface area (Å²) in [7, 11) is -2.26. The number of benzene rings is 2. The first-order valence-electron chi connectivity index (χ1n) is 9.12. The zero-order valence-corrected chi connectivity index (χ0v) is 18.2. The normalized spacial score (nSPS) is 11.5. The number of ether oxygens (including phenoxy) is 1. The van der Waals surface area contributed by atoms with Gasteiger partial charge in [0.2, 0.25) is 0 Å². The van der Waals surface area contributed by atoms with Crippen molar-refractivity contribution in [1.29, 1.82) is 0 Å². The summed E-state index contributed by atoms with van der Waals surface area (Å²) < 4.78 is 40.9. The molecule has 0 spiro atoms. The van der Waals surface area contributed by atoms with E-state index in [9.17, 15) is 8.42 Å². The van der Waals surface area contributed by atoms with Crippen LogP contribution in [0.3, 0.4) is 0 Å². The predicted molar refractivity (Wildman–Crippen MR) is 121 cm³/mol. The number of oxazole rings is 1. The molecule has 0 saturated heterocycles. The number of hydrogen-bond donors (Lipinski definition) is 1. The summed E-state index contributed by atoms with van der Waals surface area (Å²) in [6.45, 7) is 9.19. The SMILES string of the molecule is C=CCN(CC=C)Cn1c(=S)oc2ccc(S(=O)(=O)Nc3ccc(OC)cc3)cc21. The molecule has 0 fully saturated rings. The minimum atomic E-state index is -3.81. The van der Waals surface area contributed by atoms with E-state index in [-0.39, 0.29) is 9.73 Å². The molecular formula is C21H23N3O4S2. The number of rotatable bonds is 10. The summed E-state index contributed by atoms with van der Waals surface area (Å²) in [6, 6.07) is 11.3. The number of aromatic nitrogens is 1. The molecule has 30 heavy (non-hydrogen) atoms. The van der Waals surface area contributed by atoms with Crippen molar-refractivity contribution in [3.05, 3.63) is 72.6 Å². The van der Waals surface area contributed by atoms with E-state index in [1.54, 1.807) is 60.2 Å². The fraction of sp³-hybridized carbons (Fsp3) is 0.190. The van der Waals surface area contributed by atoms with Crippen LogP contribution in [-0.4, -0.2) is 38.1 Å². The lowest BCUT2D eigenvalue weighted by atomic mass is 10.3. The summed E-state index contributed by atoms with van der Waals surface area (Å²) in [6.07, 6.45) is 3.56. The lowest BCUT2D eigenvalue weighted by Crippen LogP contribution is -2.26. The van der Waals surface area contributed by atoms with Crippen LogP contribution in [0.4, 0.5) is 5.69 Å². The van der Waals surface area contributed by atoms with E-state index in [0.29, 0.717) is 42.3 Å². The summed E-state index contributed by atoms with van der Waals surface area (Å²) in [5.41, 5.74) is 1.54. The highest BCUT2D eigenvalue weighted by Gasteiger charge is 2.18. The third-order valence-electron chi connectivity index (χ3n) is 4.41. The van der Waals surface area contributed by atoms with Crippen LogP contribution in [0.25, 0.3) is 11.1 Å². The van der Waals surface area contributed by atoms with E-state index in [4.69, 9.17) is 21.4 Å². The van der Waals surface area contributed by atoms with Crippen LogP contribution in [0.5, 0.6) is 5.75 Å². The number of methoxy groups -OCH3 is 1. The Morgan fingerprint density at radius 1 is 1.17 bits per heavy atom. The molecule has 0 atom stereocenters. The Labute approximate surface area is 180 Å². The molecule has 1 N–H and O–H groups in total. The molecule has 0 aliphatic heterocycles. The Morgan fingerprint density at radius 2 is 1.83 bits per heavy atom. The number of sulfonamides is 1. The van der Waals surface area contributed by atoms with Crippen molar-refractivity contribution in [2.24, 2.45) is 0 Å². The maximum Gasteiger partial charge on any atom is 0.270 e. The minimum absolute atomic E-state index is 0.106. The van der Waals surface area contributed by atoms with Crippen LogP contribution in [0.2, 0.25) is 0 Å². The van der Waals surface area contributed by atoms with Crippen molar-refractivity contribution in [1.82, 2.24) is 9.47 Å². The zero-order chi connectivity index (χ0) is 21.7. The molecule has 7 nitrogen and oxygen atoms in total. The van der Waals surface area contributed by atoms with Gasteiger partial charge in [-0.25, -0.2) is 8.42 Å². The topological polar surface area (TPSA) is 76.7 Å². The van der Waals surface area contributed by atoms with Crippen LogP contribution < -0.4 is 9.46 Å². The Balaban J connectivity index is 1.95. The van der Waals surface area contributed by atoms with Crippen molar-refractivity contribution < 1.29 is 17.6 Å². The number of anilines is 1. The second-order valence-electron chi connectivity index (χ2n) is 6.51. The highest BCUT2D eigenvalue weighted by molar-refractivity contribution is 7.92. The molecule has 158 valence electrons. The van der Waals surface area contributed by atoms with Gasteiger partial charge in [-0.2, -0.15) is 0 Å². The fourth-order valence-electron chi connectivity index (χ4n) is 2.97. The van der Waals surface area contributed by atoms with E-state index >= 15 is 0 Å². The monoisotopic (exact) mass is 445 g/mol. The molecule has 0 radical (unpaired) electrons. The Bertz CT molecular complexity index is 1200. The lowest BCUT2D eigenvalue weighted by molar-refractivity contribution is 0.264. The minimum Gasteiger partial charge on any atom is -0.497 e. The van der Waals surface area contributed by atoms with Crippen molar-refractivity contribution >= 4 is 39.0 Å². The molecule has 1 aromatic heterocycles. The smallest absolute Gasteiger partial charge is 0.270 e. The molecule has 0 unspecified atom stereocenters. The predicted octanol–water partition coefficient (Wildman–Crippen LogP) is 4.40. The maximum atomic E-state index is 12.9. The van der Waals surface area contributed by atoms with Gasteiger partial charge in [0, 0.05) is 18.8 Å². The average molecular weight is 446 g/mol. The van der Waals surface area contributed by atoms with E-state index in [1.165, 1.54) is 6.07 Å². The first kappa shape index (κ1) is 21.8. The third kappa shape index (κ3) is 4.81. The Hall–Kier alpha value is -2.88. The first-order chi connectivity index (χ1) is 14.4. The lowest BCUT2D eigenvalue weighted by Gasteiger charge is -2.19. The van der Waals surface area contributed by atoms with Gasteiger partial charge in [-0.3, -0.25) is 14.2 Å². The van der Waals surface area contributed by atoms with Gasteiger partial charge in [-0.1, -0.05) is 12.2 Å². The zero-order valence-electron chi connectivity index (χ0n) is 16.6. The largest absolute Gasteiger partial charge is 0.497 e.